The van der Waals surface area contributed by atoms with E-state index in [9.17, 15) is 13.2 Å². The first-order chi connectivity index (χ1) is 17.3. The molecule has 12 heteroatoms. The molecule has 0 saturated heterocycles. The maximum Gasteiger partial charge on any atom is 0.144 e. The Balaban J connectivity index is -0.0000000520. The van der Waals surface area contributed by atoms with Gasteiger partial charge in [0.2, 0.25) is 0 Å². The molecule has 0 radical (unpaired) electrons. The Morgan fingerprint density at radius 1 is 0.675 bits per heavy atom. The molecule has 0 aromatic rings. The van der Waals surface area contributed by atoms with Crippen LogP contribution >= 0.6 is 0 Å². The summed E-state index contributed by atoms with van der Waals surface area (Å²) >= 11 is 0. The van der Waals surface area contributed by atoms with Gasteiger partial charge in [-0.15, -0.1) is 0 Å². The van der Waals surface area contributed by atoms with Gasteiger partial charge in [-0.3, -0.25) is 5.14 Å². The molecule has 0 fully saturated rings. The number of unbranched alkanes of at least 4 members (excludes halogenated alkanes) is 2. The van der Waals surface area contributed by atoms with E-state index in [0.29, 0.717) is 6.42 Å². The van der Waals surface area contributed by atoms with E-state index in [4.69, 9.17) is 25.6 Å². The topological polar surface area (TPSA) is 171 Å². The van der Waals surface area contributed by atoms with Gasteiger partial charge in [-0.2, -0.15) is 4.40 Å². The van der Waals surface area contributed by atoms with E-state index in [2.05, 4.69) is 11.3 Å². The van der Waals surface area contributed by atoms with E-state index in [1.54, 1.807) is 61.6 Å². The molecule has 0 unspecified atom stereocenters. The molecule has 0 saturated carbocycles. The van der Waals surface area contributed by atoms with Gasteiger partial charge in [0.25, 0.3) is 0 Å². The molecular weight excluding hydrogens is 588 g/mol. The summed E-state index contributed by atoms with van der Waals surface area (Å²) in [7, 11) is -2.25. The van der Waals surface area contributed by atoms with Crippen molar-refractivity contribution < 1.29 is 55.4 Å². The second kappa shape index (κ2) is 41.3. The fourth-order valence-electron chi connectivity index (χ4n) is 0.525. The van der Waals surface area contributed by atoms with Crippen LogP contribution in [0.25, 0.3) is 0 Å². The molecule has 6 N–H and O–H groups in total. The summed E-state index contributed by atoms with van der Waals surface area (Å²) in [5.74, 6) is 0. The predicted molar refractivity (Wildman–Crippen MR) is 174 cm³/mol. The second-order valence-corrected chi connectivity index (χ2v) is 14.9. The SMILES string of the molecule is CC(C)(C)[S@@](N)=O.CC(C)O.CC(C)O.CC(C)O.CC(C)O.CCCC=N[S@@](=O)C(C)(C)C.CCCC=O.[Ti]. The van der Waals surface area contributed by atoms with E-state index >= 15 is 0 Å². The summed E-state index contributed by atoms with van der Waals surface area (Å²) in [4.78, 5) is 9.40. The molecule has 0 bridgehead atoms. The van der Waals surface area contributed by atoms with Gasteiger partial charge in [0.1, 0.15) is 17.3 Å². The normalized spacial score (nSPS) is 11.7. The molecule has 0 spiro atoms. The maximum atomic E-state index is 11.3. The quantitative estimate of drug-likeness (QED) is 0.153. The Labute approximate surface area is 268 Å². The van der Waals surface area contributed by atoms with Crippen molar-refractivity contribution in [3.63, 3.8) is 0 Å². The Morgan fingerprint density at radius 2 is 0.900 bits per heavy atom. The molecule has 0 aliphatic rings. The summed E-state index contributed by atoms with van der Waals surface area (Å²) in [6.45, 7) is 29.1. The minimum atomic E-state index is -1.18. The smallest absolute Gasteiger partial charge is 0.144 e. The molecule has 0 heterocycles. The largest absolute Gasteiger partial charge is 0.394 e. The summed E-state index contributed by atoms with van der Waals surface area (Å²) < 4.78 is 25.1. The van der Waals surface area contributed by atoms with Gasteiger partial charge in [-0.25, -0.2) is 8.42 Å². The number of nitrogens with two attached hydrogens (primary N) is 1. The Morgan fingerprint density at radius 3 is 1.00 bits per heavy atom. The number of rotatable bonds is 5. The van der Waals surface area contributed by atoms with Crippen molar-refractivity contribution in [1.82, 2.24) is 0 Å². The van der Waals surface area contributed by atoms with Gasteiger partial charge < -0.3 is 25.2 Å². The number of hydrogen-bond acceptors (Lipinski definition) is 7. The van der Waals surface area contributed by atoms with Crippen molar-refractivity contribution >= 4 is 34.5 Å². The fraction of sp³-hybridized carbons (Fsp3) is 0.929. The van der Waals surface area contributed by atoms with Crippen molar-refractivity contribution in [2.75, 3.05) is 0 Å². The first kappa shape index (κ1) is 59.5. The van der Waals surface area contributed by atoms with Crippen molar-refractivity contribution in [2.45, 2.75) is 170 Å². The number of carbonyl (C=O) groups excluding carboxylic acids is 1. The van der Waals surface area contributed by atoms with Gasteiger partial charge in [-0.05, 0) is 110 Å². The van der Waals surface area contributed by atoms with Crippen LogP contribution in [0.3, 0.4) is 0 Å². The van der Waals surface area contributed by atoms with E-state index < -0.39 is 22.0 Å². The minimum Gasteiger partial charge on any atom is -0.394 e. The van der Waals surface area contributed by atoms with Gasteiger partial charge in [0.05, 0.1) is 20.5 Å². The van der Waals surface area contributed by atoms with Crippen LogP contribution in [-0.2, 0) is 48.5 Å². The molecule has 0 rings (SSSR count). The van der Waals surface area contributed by atoms with Gasteiger partial charge >= 0.3 is 0 Å². The van der Waals surface area contributed by atoms with Crippen LogP contribution in [0.1, 0.15) is 136 Å². The van der Waals surface area contributed by atoms with Crippen LogP contribution in [0.5, 0.6) is 0 Å². The van der Waals surface area contributed by atoms with Crippen LogP contribution < -0.4 is 5.14 Å². The van der Waals surface area contributed by atoms with Crippen LogP contribution in [0.15, 0.2) is 4.40 Å². The van der Waals surface area contributed by atoms with Crippen LogP contribution in [0.2, 0.25) is 0 Å². The summed E-state index contributed by atoms with van der Waals surface area (Å²) in [6.07, 6.45) is 5.68. The van der Waals surface area contributed by atoms with E-state index in [1.807, 2.05) is 48.5 Å². The molecule has 0 aliphatic carbocycles. The maximum absolute atomic E-state index is 11.3. The third-order valence-electron chi connectivity index (χ3n) is 2.12. The van der Waals surface area contributed by atoms with E-state index in [-0.39, 0.29) is 55.6 Å². The second-order valence-electron chi connectivity index (χ2n) is 11.2. The van der Waals surface area contributed by atoms with Crippen molar-refractivity contribution in [3.05, 3.63) is 0 Å². The van der Waals surface area contributed by atoms with Gasteiger partial charge in [-0.1, -0.05) is 20.3 Å². The number of aliphatic hydroxyl groups is 4. The molecular formula is C28H68N2O7S2Ti. The standard InChI is InChI=1S/C8H17NOS.C4H11NOS.C4H8O.4C3H8O.Ti/c1-5-6-7-9-11(10)8(2,3)4;1-4(2,3)7(5)6;1-2-3-4-5;4*1-3(2)4;/h7H,5-6H2,1-4H3;5H2,1-3H3;4H,2-3H2,1H3;4*3-4H,1-2H3;/t11-;7-;;;;;;/m00....../s1. The number of carbonyl (C=O) groups is 1. The third-order valence-corrected chi connectivity index (χ3v) is 4.72. The van der Waals surface area contributed by atoms with Gasteiger partial charge in [0.15, 0.2) is 0 Å². The molecule has 0 aromatic carbocycles. The predicted octanol–water partition coefficient (Wildman–Crippen LogP) is 5.26. The molecule has 40 heavy (non-hydrogen) atoms. The zero-order valence-electron chi connectivity index (χ0n) is 28.6. The Kier molecular flexibility index (Phi) is 61.5. The Hall–Kier alpha value is 0.154. The molecule has 9 nitrogen and oxygen atoms in total. The van der Waals surface area contributed by atoms with Crippen molar-refractivity contribution in [2.24, 2.45) is 9.54 Å². The molecule has 0 aliphatic heterocycles. The summed E-state index contributed by atoms with van der Waals surface area (Å²) in [5, 5.41) is 37.3. The minimum absolute atomic E-state index is 0. The molecule has 248 valence electrons. The number of aliphatic hydroxyl groups excluding tert-OH is 4. The average molecular weight is 657 g/mol. The van der Waals surface area contributed by atoms with E-state index in [0.717, 1.165) is 25.5 Å². The third kappa shape index (κ3) is 144. The molecule has 0 amide bonds. The van der Waals surface area contributed by atoms with Crippen molar-refractivity contribution in [3.8, 4) is 0 Å². The van der Waals surface area contributed by atoms with Crippen LogP contribution in [0, 0.1) is 0 Å². The first-order valence-electron chi connectivity index (χ1n) is 13.5. The zero-order chi connectivity index (χ0) is 33.4. The fourth-order valence-corrected chi connectivity index (χ4v) is 1.08. The Bertz CT molecular complexity index is 515. The zero-order valence-corrected chi connectivity index (χ0v) is 31.8. The average Bonchev–Trinajstić information content (AvgIpc) is 2.66. The van der Waals surface area contributed by atoms with E-state index in [1.165, 1.54) is 0 Å². The van der Waals surface area contributed by atoms with Crippen LogP contribution in [0.4, 0.5) is 0 Å². The number of nitrogens with zero attached hydrogens (tertiary/aromatic N) is 1. The van der Waals surface area contributed by atoms with Gasteiger partial charge in [0, 0.05) is 58.8 Å². The summed E-state index contributed by atoms with van der Waals surface area (Å²) in [5.41, 5.74) is 0. The van der Waals surface area contributed by atoms with Crippen molar-refractivity contribution in [1.29, 1.82) is 0 Å². The number of aldehydes is 1. The number of hydrogen-bond donors (Lipinski definition) is 5. The molecule has 0 aromatic heterocycles. The molecule has 2 atom stereocenters. The van der Waals surface area contributed by atoms with Crippen LogP contribution in [-0.4, -0.2) is 75.3 Å². The monoisotopic (exact) mass is 656 g/mol. The first-order valence-corrected chi connectivity index (χ1v) is 15.9. The summed E-state index contributed by atoms with van der Waals surface area (Å²) in [6, 6.07) is 0.